The smallest absolute Gasteiger partial charge is 0.273 e. The van der Waals surface area contributed by atoms with E-state index in [4.69, 9.17) is 0 Å². The first-order valence-corrected chi connectivity index (χ1v) is 10.6. The van der Waals surface area contributed by atoms with Crippen LogP contribution in [0.3, 0.4) is 0 Å². The number of hydrogen-bond donors (Lipinski definition) is 1. The quantitative estimate of drug-likeness (QED) is 0.581. The largest absolute Gasteiger partial charge is 0.344 e. The number of likely N-dealkylation sites (tertiary alicyclic amines) is 1. The number of nitrogens with zero attached hydrogens (tertiary/aromatic N) is 7. The van der Waals surface area contributed by atoms with Gasteiger partial charge in [0, 0.05) is 13.1 Å². The number of hydrogen-bond acceptors (Lipinski definition) is 6. The number of benzene rings is 1. The Hall–Kier alpha value is -3.07. The van der Waals surface area contributed by atoms with Crippen molar-refractivity contribution in [3.63, 3.8) is 0 Å². The van der Waals surface area contributed by atoms with Gasteiger partial charge in [0.2, 0.25) is 0 Å². The van der Waals surface area contributed by atoms with Gasteiger partial charge in [-0.15, -0.1) is 5.10 Å². The highest BCUT2D eigenvalue weighted by molar-refractivity contribution is 5.92. The number of carbonyl (C=O) groups is 1. The molecule has 158 valence electrons. The van der Waals surface area contributed by atoms with Gasteiger partial charge in [0.25, 0.3) is 5.91 Å². The number of aryl methyl sites for hydroxylation is 1. The van der Waals surface area contributed by atoms with E-state index in [0.29, 0.717) is 18.7 Å². The van der Waals surface area contributed by atoms with Crippen LogP contribution in [0, 0.1) is 0 Å². The molecule has 1 fully saturated rings. The summed E-state index contributed by atoms with van der Waals surface area (Å²) in [4.78, 5) is 19.3. The van der Waals surface area contributed by atoms with Crippen molar-refractivity contribution in [1.29, 1.82) is 0 Å². The topological polar surface area (TPSA) is 93.8 Å². The zero-order chi connectivity index (χ0) is 20.6. The van der Waals surface area contributed by atoms with Crippen molar-refractivity contribution in [2.24, 2.45) is 0 Å². The molecule has 4 rings (SSSR count). The molecule has 3 heterocycles. The van der Waals surface area contributed by atoms with Gasteiger partial charge in [-0.2, -0.15) is 5.10 Å². The van der Waals surface area contributed by atoms with Gasteiger partial charge < -0.3 is 10.2 Å². The molecule has 1 atom stereocenters. The van der Waals surface area contributed by atoms with Crippen molar-refractivity contribution in [1.82, 2.24) is 40.0 Å². The molecule has 0 radical (unpaired) electrons. The van der Waals surface area contributed by atoms with Gasteiger partial charge in [0.05, 0.1) is 18.8 Å². The second-order valence-corrected chi connectivity index (χ2v) is 7.65. The zero-order valence-corrected chi connectivity index (χ0v) is 17.1. The highest BCUT2D eigenvalue weighted by Crippen LogP contribution is 2.18. The summed E-state index contributed by atoms with van der Waals surface area (Å²) in [5.74, 6) is -0.216. The van der Waals surface area contributed by atoms with E-state index in [9.17, 15) is 4.79 Å². The molecule has 1 aromatic carbocycles. The third kappa shape index (κ3) is 5.50. The van der Waals surface area contributed by atoms with E-state index in [1.165, 1.54) is 25.6 Å². The number of amides is 1. The summed E-state index contributed by atoms with van der Waals surface area (Å²) in [6, 6.07) is 9.79. The van der Waals surface area contributed by atoms with Crippen molar-refractivity contribution in [2.75, 3.05) is 19.6 Å². The van der Waals surface area contributed by atoms with Crippen LogP contribution >= 0.6 is 0 Å². The SMILES string of the molecule is O=C(N[C@@H](CCn1cncn1)c1ccccc1)c1cn(CCN2CCCCC2)nn1. The Kier molecular flexibility index (Phi) is 6.81. The fourth-order valence-corrected chi connectivity index (χ4v) is 3.79. The fraction of sp³-hybridized carbons (Fsp3) is 0.476. The van der Waals surface area contributed by atoms with Gasteiger partial charge in [-0.25, -0.2) is 4.98 Å². The molecule has 0 aliphatic carbocycles. The van der Waals surface area contributed by atoms with Gasteiger partial charge in [-0.05, 0) is 37.9 Å². The Morgan fingerprint density at radius 2 is 1.87 bits per heavy atom. The number of rotatable bonds is 9. The lowest BCUT2D eigenvalue weighted by Gasteiger charge is -2.25. The Balaban J connectivity index is 1.36. The van der Waals surface area contributed by atoms with Crippen molar-refractivity contribution in [3.8, 4) is 0 Å². The van der Waals surface area contributed by atoms with Crippen molar-refractivity contribution >= 4 is 5.91 Å². The molecule has 1 saturated heterocycles. The van der Waals surface area contributed by atoms with E-state index in [1.807, 2.05) is 30.3 Å². The van der Waals surface area contributed by atoms with Crippen LogP contribution in [0.1, 0.15) is 47.8 Å². The minimum atomic E-state index is -0.216. The molecule has 2 aromatic heterocycles. The summed E-state index contributed by atoms with van der Waals surface area (Å²) >= 11 is 0. The normalized spacial score (nSPS) is 15.7. The van der Waals surface area contributed by atoms with Gasteiger partial charge >= 0.3 is 0 Å². The molecular formula is C21H28N8O. The molecule has 3 aromatic rings. The Labute approximate surface area is 176 Å². The zero-order valence-electron chi connectivity index (χ0n) is 17.1. The second kappa shape index (κ2) is 10.1. The van der Waals surface area contributed by atoms with E-state index in [-0.39, 0.29) is 11.9 Å². The molecule has 0 unspecified atom stereocenters. The first-order chi connectivity index (χ1) is 14.8. The lowest BCUT2D eigenvalue weighted by Crippen LogP contribution is -2.32. The van der Waals surface area contributed by atoms with Crippen molar-refractivity contribution < 1.29 is 4.79 Å². The Morgan fingerprint density at radius 3 is 2.63 bits per heavy atom. The molecule has 0 saturated carbocycles. The summed E-state index contributed by atoms with van der Waals surface area (Å²) in [5.41, 5.74) is 1.39. The molecule has 9 nitrogen and oxygen atoms in total. The van der Waals surface area contributed by atoms with Crippen molar-refractivity contribution in [2.45, 2.75) is 44.8 Å². The number of carbonyl (C=O) groups excluding carboxylic acids is 1. The van der Waals surface area contributed by atoms with E-state index in [1.54, 1.807) is 21.9 Å². The van der Waals surface area contributed by atoms with Crippen LogP contribution in [0.15, 0.2) is 49.2 Å². The van der Waals surface area contributed by atoms with Crippen molar-refractivity contribution in [3.05, 3.63) is 60.4 Å². The molecule has 9 heteroatoms. The van der Waals surface area contributed by atoms with E-state index < -0.39 is 0 Å². The molecule has 0 bridgehead atoms. The third-order valence-electron chi connectivity index (χ3n) is 5.49. The standard InChI is InChI=1S/C21H28N8O/c30-21(20-15-28(26-25-20)14-13-27-10-5-2-6-11-27)24-19(18-7-3-1-4-8-18)9-12-29-17-22-16-23-29/h1,3-4,7-8,15-17,19H,2,5-6,9-14H2,(H,24,30)/t19-/m0/s1. The number of aromatic nitrogens is 6. The highest BCUT2D eigenvalue weighted by atomic mass is 16.2. The monoisotopic (exact) mass is 408 g/mol. The first kappa shape index (κ1) is 20.2. The molecule has 1 N–H and O–H groups in total. The number of nitrogens with one attached hydrogen (secondary N) is 1. The lowest BCUT2D eigenvalue weighted by atomic mass is 10.0. The third-order valence-corrected chi connectivity index (χ3v) is 5.49. The summed E-state index contributed by atoms with van der Waals surface area (Å²) in [7, 11) is 0. The second-order valence-electron chi connectivity index (χ2n) is 7.65. The highest BCUT2D eigenvalue weighted by Gasteiger charge is 2.19. The average molecular weight is 409 g/mol. The number of piperidine rings is 1. The van der Waals surface area contributed by atoms with Gasteiger partial charge in [0.15, 0.2) is 5.69 Å². The molecule has 1 aliphatic rings. The van der Waals surface area contributed by atoms with Gasteiger partial charge in [-0.3, -0.25) is 14.2 Å². The van der Waals surface area contributed by atoms with Gasteiger partial charge in [0.1, 0.15) is 12.7 Å². The summed E-state index contributed by atoms with van der Waals surface area (Å²) < 4.78 is 3.52. The van der Waals surface area contributed by atoms with Crippen LogP contribution in [0.25, 0.3) is 0 Å². The van der Waals surface area contributed by atoms with E-state index in [2.05, 4.69) is 30.6 Å². The lowest BCUT2D eigenvalue weighted by molar-refractivity contribution is 0.0928. The van der Waals surface area contributed by atoms with Crippen LogP contribution < -0.4 is 5.32 Å². The molecular weight excluding hydrogens is 380 g/mol. The average Bonchev–Trinajstić information content (AvgIpc) is 3.49. The van der Waals surface area contributed by atoms with Crippen LogP contribution in [0.5, 0.6) is 0 Å². The summed E-state index contributed by atoms with van der Waals surface area (Å²) in [5, 5.41) is 15.5. The molecule has 1 aliphatic heterocycles. The summed E-state index contributed by atoms with van der Waals surface area (Å²) in [6.45, 7) is 4.63. The molecule has 1 amide bonds. The molecule has 0 spiro atoms. The first-order valence-electron chi connectivity index (χ1n) is 10.6. The predicted octanol–water partition coefficient (Wildman–Crippen LogP) is 1.92. The minimum Gasteiger partial charge on any atom is -0.344 e. The maximum Gasteiger partial charge on any atom is 0.273 e. The van der Waals surface area contributed by atoms with E-state index in [0.717, 1.165) is 31.7 Å². The van der Waals surface area contributed by atoms with E-state index >= 15 is 0 Å². The van der Waals surface area contributed by atoms with Gasteiger partial charge in [-0.1, -0.05) is 42.0 Å². The van der Waals surface area contributed by atoms with Crippen LogP contribution in [0.2, 0.25) is 0 Å². The van der Waals surface area contributed by atoms with Crippen LogP contribution in [-0.4, -0.2) is 60.2 Å². The maximum absolute atomic E-state index is 12.8. The molecule has 30 heavy (non-hydrogen) atoms. The minimum absolute atomic E-state index is 0.151. The predicted molar refractivity (Wildman–Crippen MR) is 112 cm³/mol. The van der Waals surface area contributed by atoms with Crippen LogP contribution in [0.4, 0.5) is 0 Å². The summed E-state index contributed by atoms with van der Waals surface area (Å²) in [6.07, 6.45) is 9.47. The Morgan fingerprint density at radius 1 is 1.03 bits per heavy atom. The van der Waals surface area contributed by atoms with Crippen LogP contribution in [-0.2, 0) is 13.1 Å². The fourth-order valence-electron chi connectivity index (χ4n) is 3.79. The maximum atomic E-state index is 12.8. The Bertz CT molecular complexity index is 902.